The molecule has 3 aromatic rings. The minimum atomic E-state index is -0.0875. The van der Waals surface area contributed by atoms with Crippen LogP contribution in [-0.2, 0) is 17.9 Å². The highest BCUT2D eigenvalue weighted by Crippen LogP contribution is 2.29. The van der Waals surface area contributed by atoms with E-state index in [1.54, 1.807) is 7.11 Å². The molecule has 3 aromatic carbocycles. The van der Waals surface area contributed by atoms with E-state index in [2.05, 4.69) is 10.6 Å². The standard InChI is InChI=1S/C23H23ClN2O3/c1-16(27)26-21-9-7-20(8-10-21)25-14-17-6-11-22(23(13-17)28-2)29-15-18-4-3-5-19(24)12-18/h3-13,25H,14-15H2,1-2H3,(H,26,27). The van der Waals surface area contributed by atoms with Crippen molar-refractivity contribution in [1.82, 2.24) is 0 Å². The van der Waals surface area contributed by atoms with Gasteiger partial charge in [0.25, 0.3) is 0 Å². The van der Waals surface area contributed by atoms with Crippen LogP contribution >= 0.6 is 11.6 Å². The maximum absolute atomic E-state index is 11.1. The Morgan fingerprint density at radius 3 is 2.38 bits per heavy atom. The van der Waals surface area contributed by atoms with Gasteiger partial charge in [-0.1, -0.05) is 29.8 Å². The highest BCUT2D eigenvalue weighted by atomic mass is 35.5. The van der Waals surface area contributed by atoms with Crippen LogP contribution in [0.15, 0.2) is 66.7 Å². The number of carbonyl (C=O) groups is 1. The van der Waals surface area contributed by atoms with E-state index in [0.29, 0.717) is 29.7 Å². The Morgan fingerprint density at radius 1 is 0.931 bits per heavy atom. The third kappa shape index (κ3) is 6.16. The van der Waals surface area contributed by atoms with Gasteiger partial charge < -0.3 is 20.1 Å². The van der Waals surface area contributed by atoms with Gasteiger partial charge in [-0.3, -0.25) is 4.79 Å². The zero-order valence-electron chi connectivity index (χ0n) is 16.4. The number of methoxy groups -OCH3 is 1. The second-order valence-electron chi connectivity index (χ2n) is 6.52. The number of anilines is 2. The number of rotatable bonds is 8. The van der Waals surface area contributed by atoms with Crippen molar-refractivity contribution in [3.8, 4) is 11.5 Å². The predicted molar refractivity (Wildman–Crippen MR) is 117 cm³/mol. The lowest BCUT2D eigenvalue weighted by molar-refractivity contribution is -0.114. The lowest BCUT2D eigenvalue weighted by Crippen LogP contribution is -2.06. The molecule has 150 valence electrons. The van der Waals surface area contributed by atoms with Crippen LogP contribution in [0.25, 0.3) is 0 Å². The summed E-state index contributed by atoms with van der Waals surface area (Å²) in [5.74, 6) is 1.26. The van der Waals surface area contributed by atoms with Crippen LogP contribution < -0.4 is 20.1 Å². The van der Waals surface area contributed by atoms with Crippen molar-refractivity contribution in [1.29, 1.82) is 0 Å². The second-order valence-corrected chi connectivity index (χ2v) is 6.95. The average molecular weight is 411 g/mol. The highest BCUT2D eigenvalue weighted by molar-refractivity contribution is 6.30. The van der Waals surface area contributed by atoms with Crippen molar-refractivity contribution in [2.75, 3.05) is 17.7 Å². The van der Waals surface area contributed by atoms with Crippen LogP contribution in [0.5, 0.6) is 11.5 Å². The van der Waals surface area contributed by atoms with Crippen molar-refractivity contribution in [2.45, 2.75) is 20.1 Å². The topological polar surface area (TPSA) is 59.6 Å². The first-order valence-corrected chi connectivity index (χ1v) is 9.57. The molecule has 2 N–H and O–H groups in total. The van der Waals surface area contributed by atoms with Crippen LogP contribution in [0.4, 0.5) is 11.4 Å². The van der Waals surface area contributed by atoms with Gasteiger partial charge in [-0.2, -0.15) is 0 Å². The quantitative estimate of drug-likeness (QED) is 0.515. The SMILES string of the molecule is COc1cc(CNc2ccc(NC(C)=O)cc2)ccc1OCc1cccc(Cl)c1. The molecule has 0 radical (unpaired) electrons. The average Bonchev–Trinajstić information content (AvgIpc) is 2.71. The molecule has 0 saturated heterocycles. The van der Waals surface area contributed by atoms with Crippen molar-refractivity contribution in [3.05, 3.63) is 82.9 Å². The molecule has 0 atom stereocenters. The number of carbonyl (C=O) groups excluding carboxylic acids is 1. The van der Waals surface area contributed by atoms with Gasteiger partial charge in [0.15, 0.2) is 11.5 Å². The van der Waals surface area contributed by atoms with E-state index in [1.165, 1.54) is 6.92 Å². The highest BCUT2D eigenvalue weighted by Gasteiger charge is 2.07. The molecule has 5 nitrogen and oxygen atoms in total. The Balaban J connectivity index is 1.60. The van der Waals surface area contributed by atoms with Crippen LogP contribution in [0.3, 0.4) is 0 Å². The number of nitrogens with one attached hydrogen (secondary N) is 2. The Kier molecular flexibility index (Phi) is 6.98. The van der Waals surface area contributed by atoms with Gasteiger partial charge in [0.1, 0.15) is 6.61 Å². The number of halogens is 1. The molecule has 0 aliphatic rings. The first-order valence-electron chi connectivity index (χ1n) is 9.19. The summed E-state index contributed by atoms with van der Waals surface area (Å²) in [5.41, 5.74) is 3.78. The van der Waals surface area contributed by atoms with E-state index in [1.807, 2.05) is 66.7 Å². The molecule has 29 heavy (non-hydrogen) atoms. The molecule has 0 aromatic heterocycles. The lowest BCUT2D eigenvalue weighted by Gasteiger charge is -2.13. The molecule has 0 saturated carbocycles. The molecule has 0 aliphatic carbocycles. The Bertz CT molecular complexity index is 974. The first kappa shape index (κ1) is 20.6. The fourth-order valence-corrected chi connectivity index (χ4v) is 3.02. The Morgan fingerprint density at radius 2 is 1.69 bits per heavy atom. The van der Waals surface area contributed by atoms with Crippen LogP contribution in [-0.4, -0.2) is 13.0 Å². The first-order chi connectivity index (χ1) is 14.0. The third-order valence-corrected chi connectivity index (χ3v) is 4.45. The molecule has 0 aliphatic heterocycles. The normalized spacial score (nSPS) is 10.3. The summed E-state index contributed by atoms with van der Waals surface area (Å²) in [7, 11) is 1.62. The van der Waals surface area contributed by atoms with Gasteiger partial charge in [0.05, 0.1) is 7.11 Å². The summed E-state index contributed by atoms with van der Waals surface area (Å²) >= 11 is 6.02. The van der Waals surface area contributed by atoms with E-state index in [9.17, 15) is 4.79 Å². The smallest absolute Gasteiger partial charge is 0.221 e. The van der Waals surface area contributed by atoms with E-state index < -0.39 is 0 Å². The van der Waals surface area contributed by atoms with Crippen molar-refractivity contribution in [2.24, 2.45) is 0 Å². The third-order valence-electron chi connectivity index (χ3n) is 4.21. The number of hydrogen-bond acceptors (Lipinski definition) is 4. The zero-order chi connectivity index (χ0) is 20.6. The summed E-state index contributed by atoms with van der Waals surface area (Å²) < 4.78 is 11.4. The van der Waals surface area contributed by atoms with Gasteiger partial charge >= 0.3 is 0 Å². The largest absolute Gasteiger partial charge is 0.493 e. The fraction of sp³-hybridized carbons (Fsp3) is 0.174. The number of benzene rings is 3. The molecule has 3 rings (SSSR count). The minimum absolute atomic E-state index is 0.0875. The van der Waals surface area contributed by atoms with Gasteiger partial charge in [0.2, 0.25) is 5.91 Å². The molecule has 0 unspecified atom stereocenters. The summed E-state index contributed by atoms with van der Waals surface area (Å²) in [4.78, 5) is 11.1. The summed E-state index contributed by atoms with van der Waals surface area (Å²) in [6.07, 6.45) is 0. The lowest BCUT2D eigenvalue weighted by atomic mass is 10.2. The van der Waals surface area contributed by atoms with Crippen LogP contribution in [0.2, 0.25) is 5.02 Å². The number of hydrogen-bond donors (Lipinski definition) is 2. The van der Waals surface area contributed by atoms with Crippen LogP contribution in [0, 0.1) is 0 Å². The van der Waals surface area contributed by atoms with E-state index in [0.717, 1.165) is 22.5 Å². The molecule has 1 amide bonds. The summed E-state index contributed by atoms with van der Waals surface area (Å²) in [6, 6.07) is 21.0. The number of amides is 1. The van der Waals surface area contributed by atoms with Gasteiger partial charge in [0, 0.05) is 29.9 Å². The van der Waals surface area contributed by atoms with E-state index in [4.69, 9.17) is 21.1 Å². The predicted octanol–water partition coefficient (Wildman–Crippen LogP) is 5.50. The Hall–Kier alpha value is -3.18. The molecule has 0 heterocycles. The van der Waals surface area contributed by atoms with Crippen molar-refractivity contribution in [3.63, 3.8) is 0 Å². The summed E-state index contributed by atoms with van der Waals surface area (Å²) in [5, 5.41) is 6.79. The zero-order valence-corrected chi connectivity index (χ0v) is 17.1. The molecule has 0 fully saturated rings. The number of ether oxygens (including phenoxy) is 2. The van der Waals surface area contributed by atoms with E-state index >= 15 is 0 Å². The van der Waals surface area contributed by atoms with Gasteiger partial charge in [-0.25, -0.2) is 0 Å². The molecular weight excluding hydrogens is 388 g/mol. The Labute approximate surface area is 175 Å². The van der Waals surface area contributed by atoms with Gasteiger partial charge in [-0.05, 0) is 59.7 Å². The monoisotopic (exact) mass is 410 g/mol. The molecular formula is C23H23ClN2O3. The van der Waals surface area contributed by atoms with Crippen LogP contribution in [0.1, 0.15) is 18.1 Å². The van der Waals surface area contributed by atoms with Gasteiger partial charge in [-0.15, -0.1) is 0 Å². The maximum Gasteiger partial charge on any atom is 0.221 e. The molecule has 0 bridgehead atoms. The maximum atomic E-state index is 11.1. The molecule has 0 spiro atoms. The fourth-order valence-electron chi connectivity index (χ4n) is 2.81. The minimum Gasteiger partial charge on any atom is -0.493 e. The molecule has 6 heteroatoms. The summed E-state index contributed by atoms with van der Waals surface area (Å²) in [6.45, 7) is 2.53. The van der Waals surface area contributed by atoms with E-state index in [-0.39, 0.29) is 5.91 Å². The second kappa shape index (κ2) is 9.85. The van der Waals surface area contributed by atoms with Crippen molar-refractivity contribution >= 4 is 28.9 Å². The van der Waals surface area contributed by atoms with Crippen molar-refractivity contribution < 1.29 is 14.3 Å².